The van der Waals surface area contributed by atoms with Crippen molar-refractivity contribution in [2.24, 2.45) is 0 Å². The van der Waals surface area contributed by atoms with Crippen molar-refractivity contribution < 1.29 is 4.79 Å². The topological polar surface area (TPSA) is 53.8 Å². The van der Waals surface area contributed by atoms with Gasteiger partial charge in [-0.3, -0.25) is 4.98 Å². The maximum Gasteiger partial charge on any atom is 0.127 e. The minimum absolute atomic E-state index is 0.215. The van der Waals surface area contributed by atoms with E-state index in [1.54, 1.807) is 24.5 Å². The maximum atomic E-state index is 11.0. The first-order valence-corrected chi connectivity index (χ1v) is 6.14. The van der Waals surface area contributed by atoms with Gasteiger partial charge < -0.3 is 4.79 Å². The quantitative estimate of drug-likeness (QED) is 0.801. The summed E-state index contributed by atoms with van der Waals surface area (Å²) in [7, 11) is 0. The summed E-state index contributed by atoms with van der Waals surface area (Å²) >= 11 is 6.03. The van der Waals surface area contributed by atoms with E-state index in [1.165, 1.54) is 0 Å². The van der Waals surface area contributed by atoms with Gasteiger partial charge in [-0.2, -0.15) is 5.26 Å². The van der Waals surface area contributed by atoms with Crippen LogP contribution in [-0.2, 0) is 4.79 Å². The summed E-state index contributed by atoms with van der Waals surface area (Å²) in [5.41, 5.74) is 3.03. The second-order valence-corrected chi connectivity index (χ2v) is 4.60. The van der Waals surface area contributed by atoms with Crippen LogP contribution in [0.4, 0.5) is 0 Å². The van der Waals surface area contributed by atoms with Crippen molar-refractivity contribution in [3.63, 3.8) is 0 Å². The zero-order valence-corrected chi connectivity index (χ0v) is 11.1. The first-order valence-electron chi connectivity index (χ1n) is 5.76. The van der Waals surface area contributed by atoms with Crippen molar-refractivity contribution >= 4 is 17.9 Å². The minimum Gasteiger partial charge on any atom is -0.303 e. The largest absolute Gasteiger partial charge is 0.303 e. The number of rotatable bonds is 3. The number of nitriles is 1. The van der Waals surface area contributed by atoms with Gasteiger partial charge in [-0.1, -0.05) is 24.6 Å². The zero-order valence-electron chi connectivity index (χ0n) is 10.3. The smallest absolute Gasteiger partial charge is 0.127 e. The lowest BCUT2D eigenvalue weighted by atomic mass is 9.94. The fourth-order valence-corrected chi connectivity index (χ4v) is 2.11. The summed E-state index contributed by atoms with van der Waals surface area (Å²) in [4.78, 5) is 15.1. The molecule has 2 rings (SSSR count). The highest BCUT2D eigenvalue weighted by Crippen LogP contribution is 2.30. The molecule has 0 spiro atoms. The summed E-state index contributed by atoms with van der Waals surface area (Å²) in [6.07, 6.45) is 4.25. The fraction of sp³-hybridized carbons (Fsp3) is 0.133. The second-order valence-electron chi connectivity index (χ2n) is 4.19. The first kappa shape index (κ1) is 13.3. The second kappa shape index (κ2) is 5.64. The highest BCUT2D eigenvalue weighted by atomic mass is 35.5. The summed E-state index contributed by atoms with van der Waals surface area (Å²) in [5, 5.41) is 9.26. The lowest BCUT2D eigenvalue weighted by molar-refractivity contribution is -0.108. The van der Waals surface area contributed by atoms with Gasteiger partial charge in [0.15, 0.2) is 0 Å². The SMILES string of the molecule is CC(C=O)c1ccncc1-c1ccc(C#N)c(Cl)c1. The zero-order chi connectivity index (χ0) is 13.8. The van der Waals surface area contributed by atoms with Gasteiger partial charge in [-0.05, 0) is 29.3 Å². The molecule has 1 atom stereocenters. The Kier molecular flexibility index (Phi) is 3.94. The van der Waals surface area contributed by atoms with Crippen LogP contribution in [0.1, 0.15) is 24.0 Å². The predicted molar refractivity (Wildman–Crippen MR) is 73.9 cm³/mol. The van der Waals surface area contributed by atoms with Gasteiger partial charge in [0, 0.05) is 23.9 Å². The highest BCUT2D eigenvalue weighted by molar-refractivity contribution is 6.32. The summed E-state index contributed by atoms with van der Waals surface area (Å²) in [6, 6.07) is 9.03. The molecule has 0 fully saturated rings. The molecular formula is C15H11ClN2O. The molecule has 3 nitrogen and oxygen atoms in total. The highest BCUT2D eigenvalue weighted by Gasteiger charge is 2.12. The van der Waals surface area contributed by atoms with E-state index in [1.807, 2.05) is 25.1 Å². The Labute approximate surface area is 116 Å². The van der Waals surface area contributed by atoms with E-state index in [0.29, 0.717) is 10.6 Å². The van der Waals surface area contributed by atoms with Crippen LogP contribution in [0.25, 0.3) is 11.1 Å². The Bertz CT molecular complexity index is 661. The molecule has 1 aromatic heterocycles. The molecule has 0 aliphatic carbocycles. The van der Waals surface area contributed by atoms with Crippen molar-refractivity contribution in [1.29, 1.82) is 5.26 Å². The lowest BCUT2D eigenvalue weighted by Crippen LogP contribution is -1.98. The number of halogens is 1. The van der Waals surface area contributed by atoms with Crippen LogP contribution in [-0.4, -0.2) is 11.3 Å². The van der Waals surface area contributed by atoms with Crippen molar-refractivity contribution in [3.05, 3.63) is 52.8 Å². The average Bonchev–Trinajstić information content (AvgIpc) is 2.46. The number of carbonyl (C=O) groups excluding carboxylic acids is 1. The van der Waals surface area contributed by atoms with Crippen molar-refractivity contribution in [1.82, 2.24) is 4.98 Å². The molecule has 0 aliphatic heterocycles. The van der Waals surface area contributed by atoms with E-state index in [2.05, 4.69) is 4.98 Å². The monoisotopic (exact) mass is 270 g/mol. The van der Waals surface area contributed by atoms with Crippen LogP contribution >= 0.6 is 11.6 Å². The molecule has 0 aliphatic rings. The number of aldehydes is 1. The summed E-state index contributed by atoms with van der Waals surface area (Å²) < 4.78 is 0. The molecule has 0 bridgehead atoms. The lowest BCUT2D eigenvalue weighted by Gasteiger charge is -2.11. The van der Waals surface area contributed by atoms with Crippen LogP contribution in [0.5, 0.6) is 0 Å². The van der Waals surface area contributed by atoms with E-state index in [-0.39, 0.29) is 5.92 Å². The molecule has 4 heteroatoms. The summed E-state index contributed by atoms with van der Waals surface area (Å²) in [5.74, 6) is -0.215. The molecule has 1 aromatic carbocycles. The Balaban J connectivity index is 2.57. The Hall–Kier alpha value is -2.18. The molecule has 0 amide bonds. The summed E-state index contributed by atoms with van der Waals surface area (Å²) in [6.45, 7) is 1.83. The Morgan fingerprint density at radius 2 is 2.21 bits per heavy atom. The van der Waals surface area contributed by atoms with Gasteiger partial charge in [-0.25, -0.2) is 0 Å². The molecule has 0 radical (unpaired) electrons. The standard InChI is InChI=1S/C15H11ClN2O/c1-10(9-19)13-4-5-18-8-14(13)11-2-3-12(7-17)15(16)6-11/h2-6,8-10H,1H3. The van der Waals surface area contributed by atoms with Crippen molar-refractivity contribution in [3.8, 4) is 17.2 Å². The fourth-order valence-electron chi connectivity index (χ4n) is 1.89. The molecule has 1 heterocycles. The third-order valence-corrected chi connectivity index (χ3v) is 3.26. The molecule has 0 saturated heterocycles. The van der Waals surface area contributed by atoms with Crippen LogP contribution in [0.15, 0.2) is 36.7 Å². The Morgan fingerprint density at radius 1 is 1.42 bits per heavy atom. The normalized spacial score (nSPS) is 11.6. The van der Waals surface area contributed by atoms with Crippen molar-refractivity contribution in [2.75, 3.05) is 0 Å². The van der Waals surface area contributed by atoms with Gasteiger partial charge in [0.2, 0.25) is 0 Å². The number of nitrogens with zero attached hydrogens (tertiary/aromatic N) is 2. The van der Waals surface area contributed by atoms with Crippen LogP contribution in [0.3, 0.4) is 0 Å². The average molecular weight is 271 g/mol. The van der Waals surface area contributed by atoms with E-state index in [9.17, 15) is 4.79 Å². The number of benzene rings is 1. The number of carbonyl (C=O) groups is 1. The molecule has 0 N–H and O–H groups in total. The molecule has 94 valence electrons. The van der Waals surface area contributed by atoms with Crippen LogP contribution in [0, 0.1) is 11.3 Å². The number of aromatic nitrogens is 1. The van der Waals surface area contributed by atoms with Gasteiger partial charge in [-0.15, -0.1) is 0 Å². The van der Waals surface area contributed by atoms with E-state index in [4.69, 9.17) is 16.9 Å². The van der Waals surface area contributed by atoms with Gasteiger partial charge >= 0.3 is 0 Å². The molecular weight excluding hydrogens is 260 g/mol. The number of pyridine rings is 1. The first-order chi connectivity index (χ1) is 9.17. The predicted octanol–water partition coefficient (Wildman–Crippen LogP) is 3.58. The third kappa shape index (κ3) is 2.64. The van der Waals surface area contributed by atoms with E-state index >= 15 is 0 Å². The molecule has 1 unspecified atom stereocenters. The van der Waals surface area contributed by atoms with Crippen LogP contribution in [0.2, 0.25) is 5.02 Å². The molecule has 19 heavy (non-hydrogen) atoms. The van der Waals surface area contributed by atoms with Gasteiger partial charge in [0.1, 0.15) is 12.4 Å². The number of hydrogen-bond acceptors (Lipinski definition) is 3. The van der Waals surface area contributed by atoms with Gasteiger partial charge in [0.25, 0.3) is 0 Å². The van der Waals surface area contributed by atoms with E-state index in [0.717, 1.165) is 23.0 Å². The molecule has 0 saturated carbocycles. The van der Waals surface area contributed by atoms with E-state index < -0.39 is 0 Å². The third-order valence-electron chi connectivity index (χ3n) is 2.95. The maximum absolute atomic E-state index is 11.0. The molecule has 2 aromatic rings. The van der Waals surface area contributed by atoms with Crippen molar-refractivity contribution in [2.45, 2.75) is 12.8 Å². The number of hydrogen-bond donors (Lipinski definition) is 0. The van der Waals surface area contributed by atoms with Crippen LogP contribution < -0.4 is 0 Å². The Morgan fingerprint density at radius 3 is 2.84 bits per heavy atom. The minimum atomic E-state index is -0.215. The van der Waals surface area contributed by atoms with Gasteiger partial charge in [0.05, 0.1) is 10.6 Å².